The van der Waals surface area contributed by atoms with Gasteiger partial charge in [-0.3, -0.25) is 9.88 Å². The quantitative estimate of drug-likeness (QED) is 0.848. The summed E-state index contributed by atoms with van der Waals surface area (Å²) < 4.78 is 0. The number of rotatable bonds is 4. The number of benzene rings is 1. The molecule has 0 spiro atoms. The summed E-state index contributed by atoms with van der Waals surface area (Å²) >= 11 is 2.01. The van der Waals surface area contributed by atoms with Gasteiger partial charge in [0.1, 0.15) is 0 Å². The van der Waals surface area contributed by atoms with Crippen molar-refractivity contribution in [2.75, 3.05) is 13.6 Å². The van der Waals surface area contributed by atoms with Gasteiger partial charge in [0.25, 0.3) is 0 Å². The highest BCUT2D eigenvalue weighted by molar-refractivity contribution is 8.00. The van der Waals surface area contributed by atoms with E-state index in [9.17, 15) is 0 Å². The molecule has 0 fully saturated rings. The van der Waals surface area contributed by atoms with Crippen LogP contribution in [0.5, 0.6) is 0 Å². The normalized spacial score (nSPS) is 17.7. The molecule has 2 aromatic rings. The molecule has 3 heteroatoms. The van der Waals surface area contributed by atoms with Crippen molar-refractivity contribution in [1.82, 2.24) is 9.88 Å². The largest absolute Gasteiger partial charge is 0.299 e. The van der Waals surface area contributed by atoms with Crippen LogP contribution in [0.4, 0.5) is 0 Å². The Bertz CT molecular complexity index is 516. The SMILES string of the molecule is CN(Cc1ccccn1)CC1Cc2ccccc2S1. The lowest BCUT2D eigenvalue weighted by atomic mass is 10.1. The van der Waals surface area contributed by atoms with Gasteiger partial charge in [-0.1, -0.05) is 24.3 Å². The van der Waals surface area contributed by atoms with Crippen LogP contribution in [-0.4, -0.2) is 28.7 Å². The molecule has 0 amide bonds. The van der Waals surface area contributed by atoms with Crippen LogP contribution in [0.3, 0.4) is 0 Å². The van der Waals surface area contributed by atoms with Crippen LogP contribution < -0.4 is 0 Å². The zero-order valence-corrected chi connectivity index (χ0v) is 11.9. The minimum absolute atomic E-state index is 0.672. The van der Waals surface area contributed by atoms with E-state index < -0.39 is 0 Å². The highest BCUT2D eigenvalue weighted by Crippen LogP contribution is 2.36. The molecule has 0 saturated heterocycles. The standard InChI is InChI=1S/C16H18N2S/c1-18(11-14-7-4-5-9-17-14)12-15-10-13-6-2-3-8-16(13)19-15/h2-9,15H,10-12H2,1H3. The van der Waals surface area contributed by atoms with Gasteiger partial charge < -0.3 is 0 Å². The first-order valence-electron chi connectivity index (χ1n) is 6.64. The van der Waals surface area contributed by atoms with Gasteiger partial charge >= 0.3 is 0 Å². The number of nitrogens with zero attached hydrogens (tertiary/aromatic N) is 2. The summed E-state index contributed by atoms with van der Waals surface area (Å²) in [5, 5.41) is 0.672. The average Bonchev–Trinajstić information content (AvgIpc) is 2.81. The van der Waals surface area contributed by atoms with E-state index in [2.05, 4.69) is 53.3 Å². The second-order valence-corrected chi connectivity index (χ2v) is 6.41. The Morgan fingerprint density at radius 1 is 1.21 bits per heavy atom. The second-order valence-electron chi connectivity index (χ2n) is 5.07. The lowest BCUT2D eigenvalue weighted by Gasteiger charge is -2.19. The molecular formula is C16H18N2S. The van der Waals surface area contributed by atoms with Crippen LogP contribution >= 0.6 is 11.8 Å². The number of thioether (sulfide) groups is 1. The van der Waals surface area contributed by atoms with Gasteiger partial charge in [-0.05, 0) is 37.2 Å². The minimum Gasteiger partial charge on any atom is -0.299 e. The zero-order valence-electron chi connectivity index (χ0n) is 11.1. The van der Waals surface area contributed by atoms with E-state index in [4.69, 9.17) is 0 Å². The Labute approximate surface area is 118 Å². The molecule has 3 rings (SSSR count). The maximum Gasteiger partial charge on any atom is 0.0543 e. The van der Waals surface area contributed by atoms with Gasteiger partial charge in [-0.25, -0.2) is 0 Å². The summed E-state index contributed by atoms with van der Waals surface area (Å²) in [6.45, 7) is 2.03. The molecule has 0 radical (unpaired) electrons. The van der Waals surface area contributed by atoms with Crippen molar-refractivity contribution in [2.45, 2.75) is 23.1 Å². The second kappa shape index (κ2) is 5.76. The van der Waals surface area contributed by atoms with Gasteiger partial charge in [-0.15, -0.1) is 11.8 Å². The van der Waals surface area contributed by atoms with Crippen LogP contribution in [0.2, 0.25) is 0 Å². The van der Waals surface area contributed by atoms with E-state index in [0.29, 0.717) is 5.25 Å². The van der Waals surface area contributed by atoms with Gasteiger partial charge in [0.15, 0.2) is 0 Å². The molecule has 1 atom stereocenters. The number of aromatic nitrogens is 1. The summed E-state index contributed by atoms with van der Waals surface area (Å²) in [5.41, 5.74) is 2.65. The van der Waals surface area contributed by atoms with E-state index >= 15 is 0 Å². The molecule has 1 aliphatic rings. The molecule has 1 aliphatic heterocycles. The predicted octanol–water partition coefficient (Wildman–Crippen LogP) is 3.23. The van der Waals surface area contributed by atoms with Crippen LogP contribution in [0.25, 0.3) is 0 Å². The Kier molecular flexibility index (Phi) is 3.85. The first kappa shape index (κ1) is 12.7. The average molecular weight is 270 g/mol. The van der Waals surface area contributed by atoms with E-state index in [1.54, 1.807) is 0 Å². The molecule has 98 valence electrons. The molecule has 0 aliphatic carbocycles. The monoisotopic (exact) mass is 270 g/mol. The fourth-order valence-corrected chi connectivity index (χ4v) is 3.95. The first-order chi connectivity index (χ1) is 9.31. The lowest BCUT2D eigenvalue weighted by Crippen LogP contribution is -2.27. The van der Waals surface area contributed by atoms with E-state index in [1.165, 1.54) is 16.9 Å². The fraction of sp³-hybridized carbons (Fsp3) is 0.312. The number of hydrogen-bond acceptors (Lipinski definition) is 3. The first-order valence-corrected chi connectivity index (χ1v) is 7.52. The lowest BCUT2D eigenvalue weighted by molar-refractivity contribution is 0.323. The maximum atomic E-state index is 4.38. The maximum absolute atomic E-state index is 4.38. The topological polar surface area (TPSA) is 16.1 Å². The van der Waals surface area contributed by atoms with Gasteiger partial charge in [0, 0.05) is 29.4 Å². The van der Waals surface area contributed by atoms with Crippen molar-refractivity contribution in [2.24, 2.45) is 0 Å². The van der Waals surface area contributed by atoms with E-state index in [-0.39, 0.29) is 0 Å². The Balaban J connectivity index is 1.56. The van der Waals surface area contributed by atoms with Gasteiger partial charge in [0.05, 0.1) is 5.69 Å². The third kappa shape index (κ3) is 3.17. The van der Waals surface area contributed by atoms with Crippen LogP contribution in [0, 0.1) is 0 Å². The molecule has 0 N–H and O–H groups in total. The molecule has 1 aromatic heterocycles. The summed E-state index contributed by atoms with van der Waals surface area (Å²) in [6, 6.07) is 14.9. The van der Waals surface area contributed by atoms with Crippen molar-refractivity contribution >= 4 is 11.8 Å². The molecule has 19 heavy (non-hydrogen) atoms. The molecule has 1 unspecified atom stereocenters. The van der Waals surface area contributed by atoms with Crippen molar-refractivity contribution in [3.05, 3.63) is 59.9 Å². The van der Waals surface area contributed by atoms with E-state index in [1.807, 2.05) is 24.0 Å². The van der Waals surface area contributed by atoms with Crippen LogP contribution in [0.15, 0.2) is 53.6 Å². The molecule has 1 aromatic carbocycles. The third-order valence-electron chi connectivity index (χ3n) is 3.39. The van der Waals surface area contributed by atoms with E-state index in [0.717, 1.165) is 18.8 Å². The van der Waals surface area contributed by atoms with Crippen molar-refractivity contribution in [3.8, 4) is 0 Å². The summed E-state index contributed by atoms with van der Waals surface area (Å²) in [5.74, 6) is 0. The Hall–Kier alpha value is -1.32. The number of hydrogen-bond donors (Lipinski definition) is 0. The molecule has 0 saturated carbocycles. The van der Waals surface area contributed by atoms with Crippen LogP contribution in [-0.2, 0) is 13.0 Å². The van der Waals surface area contributed by atoms with Gasteiger partial charge in [0.2, 0.25) is 0 Å². The summed E-state index contributed by atoms with van der Waals surface area (Å²) in [7, 11) is 2.18. The number of fused-ring (bicyclic) bond motifs is 1. The number of pyridine rings is 1. The predicted molar refractivity (Wildman–Crippen MR) is 80.4 cm³/mol. The van der Waals surface area contributed by atoms with Gasteiger partial charge in [-0.2, -0.15) is 0 Å². The van der Waals surface area contributed by atoms with Crippen molar-refractivity contribution in [1.29, 1.82) is 0 Å². The third-order valence-corrected chi connectivity index (χ3v) is 4.69. The van der Waals surface area contributed by atoms with Crippen molar-refractivity contribution in [3.63, 3.8) is 0 Å². The smallest absolute Gasteiger partial charge is 0.0543 e. The highest BCUT2D eigenvalue weighted by Gasteiger charge is 2.22. The molecule has 2 heterocycles. The highest BCUT2D eigenvalue weighted by atomic mass is 32.2. The van der Waals surface area contributed by atoms with Crippen molar-refractivity contribution < 1.29 is 0 Å². The molecular weight excluding hydrogens is 252 g/mol. The molecule has 2 nitrogen and oxygen atoms in total. The molecule has 0 bridgehead atoms. The summed E-state index contributed by atoms with van der Waals surface area (Å²) in [4.78, 5) is 8.21. The van der Waals surface area contributed by atoms with Crippen LogP contribution in [0.1, 0.15) is 11.3 Å². The summed E-state index contributed by atoms with van der Waals surface area (Å²) in [6.07, 6.45) is 3.05. The minimum atomic E-state index is 0.672. The fourth-order valence-electron chi connectivity index (χ4n) is 2.54. The Morgan fingerprint density at radius 2 is 2.05 bits per heavy atom. The zero-order chi connectivity index (χ0) is 13.1. The Morgan fingerprint density at radius 3 is 2.84 bits per heavy atom.